The molecule has 1 radical (unpaired) electrons. The summed E-state index contributed by atoms with van der Waals surface area (Å²) in [5.41, 5.74) is 7.69. The summed E-state index contributed by atoms with van der Waals surface area (Å²) in [7, 11) is 0. The van der Waals surface area contributed by atoms with Gasteiger partial charge in [0.25, 0.3) is 0 Å². The molecular formula is C31H26IrNO-. The van der Waals surface area contributed by atoms with Crippen LogP contribution >= 0.6 is 0 Å². The molecule has 0 saturated heterocycles. The van der Waals surface area contributed by atoms with Crippen molar-refractivity contribution in [1.29, 1.82) is 0 Å². The molecule has 1 aliphatic carbocycles. The third kappa shape index (κ3) is 3.00. The van der Waals surface area contributed by atoms with Gasteiger partial charge in [0.1, 0.15) is 0 Å². The van der Waals surface area contributed by atoms with E-state index in [9.17, 15) is 0 Å². The van der Waals surface area contributed by atoms with E-state index in [4.69, 9.17) is 9.72 Å². The van der Waals surface area contributed by atoms with Gasteiger partial charge in [-0.3, -0.25) is 4.98 Å². The van der Waals surface area contributed by atoms with Gasteiger partial charge in [0.2, 0.25) is 5.88 Å². The monoisotopic (exact) mass is 621 g/mol. The van der Waals surface area contributed by atoms with Crippen LogP contribution in [-0.4, -0.2) is 11.6 Å². The number of pyridine rings is 1. The molecule has 0 amide bonds. The first-order valence-corrected chi connectivity index (χ1v) is 12.1. The fourth-order valence-corrected chi connectivity index (χ4v) is 6.37. The molecule has 1 aliphatic heterocycles. The molecule has 0 atom stereocenters. The van der Waals surface area contributed by atoms with E-state index in [-0.39, 0.29) is 25.5 Å². The van der Waals surface area contributed by atoms with Crippen molar-refractivity contribution in [1.82, 2.24) is 4.98 Å². The van der Waals surface area contributed by atoms with Gasteiger partial charge in [-0.1, -0.05) is 89.2 Å². The van der Waals surface area contributed by atoms with Crippen molar-refractivity contribution in [2.24, 2.45) is 0 Å². The molecule has 34 heavy (non-hydrogen) atoms. The van der Waals surface area contributed by atoms with Crippen LogP contribution in [0.1, 0.15) is 42.4 Å². The zero-order valence-electron chi connectivity index (χ0n) is 19.5. The van der Waals surface area contributed by atoms with Crippen LogP contribution in [0.25, 0.3) is 43.6 Å². The van der Waals surface area contributed by atoms with Crippen molar-refractivity contribution in [3.8, 4) is 17.0 Å². The molecule has 1 spiro atoms. The molecule has 7 rings (SSSR count). The maximum Gasteiger partial charge on any atom is 0.210 e. The van der Waals surface area contributed by atoms with E-state index in [1.807, 2.05) is 0 Å². The first-order chi connectivity index (χ1) is 16.1. The predicted molar refractivity (Wildman–Crippen MR) is 136 cm³/mol. The molecule has 3 heteroatoms. The Hall–Kier alpha value is -2.74. The normalized spacial score (nSPS) is 16.2. The van der Waals surface area contributed by atoms with Crippen LogP contribution in [-0.2, 0) is 25.5 Å². The smallest absolute Gasteiger partial charge is 0.210 e. The van der Waals surface area contributed by atoms with Gasteiger partial charge in [-0.25, -0.2) is 0 Å². The minimum absolute atomic E-state index is 0. The predicted octanol–water partition coefficient (Wildman–Crippen LogP) is 7.83. The van der Waals surface area contributed by atoms with Gasteiger partial charge in [-0.05, 0) is 48.8 Å². The molecule has 0 unspecified atom stereocenters. The Morgan fingerprint density at radius 3 is 2.41 bits per heavy atom. The Bertz CT molecular complexity index is 1580. The fraction of sp³-hybridized carbons (Fsp3) is 0.258. The van der Waals surface area contributed by atoms with Gasteiger partial charge < -0.3 is 4.74 Å². The van der Waals surface area contributed by atoms with E-state index in [0.717, 1.165) is 28.8 Å². The maximum atomic E-state index is 6.21. The van der Waals surface area contributed by atoms with Crippen molar-refractivity contribution in [2.45, 2.75) is 44.9 Å². The molecule has 1 aromatic heterocycles. The molecule has 4 aromatic carbocycles. The summed E-state index contributed by atoms with van der Waals surface area (Å²) in [6, 6.07) is 25.8. The van der Waals surface area contributed by atoms with Gasteiger partial charge >= 0.3 is 0 Å². The summed E-state index contributed by atoms with van der Waals surface area (Å²) in [4.78, 5) is 5.14. The van der Waals surface area contributed by atoms with Crippen molar-refractivity contribution in [2.75, 3.05) is 6.61 Å². The molecule has 2 nitrogen and oxygen atoms in total. The van der Waals surface area contributed by atoms with Gasteiger partial charge in [0, 0.05) is 36.6 Å². The molecule has 2 heterocycles. The minimum atomic E-state index is 0. The molecule has 1 fully saturated rings. The van der Waals surface area contributed by atoms with Crippen LogP contribution in [0.15, 0.2) is 60.7 Å². The first-order valence-electron chi connectivity index (χ1n) is 12.1. The molecule has 0 bridgehead atoms. The summed E-state index contributed by atoms with van der Waals surface area (Å²) in [6.45, 7) is 5.20. The molecule has 1 saturated carbocycles. The van der Waals surface area contributed by atoms with Crippen LogP contribution in [0.4, 0.5) is 0 Å². The van der Waals surface area contributed by atoms with Gasteiger partial charge in [-0.15, -0.1) is 17.5 Å². The zero-order valence-corrected chi connectivity index (χ0v) is 21.9. The topological polar surface area (TPSA) is 22.1 Å². The Kier molecular flexibility index (Phi) is 5.06. The number of ether oxygens (including phenoxy) is 1. The summed E-state index contributed by atoms with van der Waals surface area (Å²) in [6.07, 6.45) is 5.01. The second-order valence-electron chi connectivity index (χ2n) is 9.99. The van der Waals surface area contributed by atoms with Gasteiger partial charge in [-0.2, -0.15) is 0 Å². The van der Waals surface area contributed by atoms with E-state index in [2.05, 4.69) is 80.6 Å². The first kappa shape index (κ1) is 21.8. The second kappa shape index (κ2) is 7.90. The molecular weight excluding hydrogens is 595 g/mol. The number of nitrogens with zero attached hydrogens (tertiary/aromatic N) is 1. The van der Waals surface area contributed by atoms with Crippen molar-refractivity contribution in [3.63, 3.8) is 0 Å². The summed E-state index contributed by atoms with van der Waals surface area (Å²) in [5, 5.41) is 5.86. The summed E-state index contributed by atoms with van der Waals surface area (Å²) in [5.74, 6) is 0.840. The fourth-order valence-electron chi connectivity index (χ4n) is 6.37. The van der Waals surface area contributed by atoms with Crippen molar-refractivity contribution < 1.29 is 24.8 Å². The zero-order chi connectivity index (χ0) is 22.2. The van der Waals surface area contributed by atoms with Crippen LogP contribution in [0.3, 0.4) is 0 Å². The Balaban J connectivity index is 0.00000217. The van der Waals surface area contributed by atoms with Crippen molar-refractivity contribution in [3.05, 3.63) is 83.4 Å². The standard InChI is InChI=1S/C31H26NO.Ir/c1-19-8-7-9-20(2)27(19)28-23-11-4-3-10-21(23)16-25-24(28)13-12-22-17-26-30(32-29(22)25)33-18-31(26)14-5-6-15-31;/h3-4,7-13,17H,5-6,14-15,18H2,1-2H3;/q-1;. The number of hydrogen-bond donors (Lipinski definition) is 0. The SMILES string of the molecule is Cc1cccc(C)c1-c1c2ccccc2[c-]c2c1ccc1cc3c(nc12)OCC31CCCC1.[Ir]. The molecule has 171 valence electrons. The Morgan fingerprint density at radius 2 is 1.62 bits per heavy atom. The average Bonchev–Trinajstić information content (AvgIpc) is 3.45. The van der Waals surface area contributed by atoms with Crippen LogP contribution in [0, 0.1) is 19.9 Å². The molecule has 0 N–H and O–H groups in total. The number of benzene rings is 4. The largest absolute Gasteiger partial charge is 0.477 e. The van der Waals surface area contributed by atoms with E-state index < -0.39 is 0 Å². The maximum absolute atomic E-state index is 6.21. The quantitative estimate of drug-likeness (QED) is 0.108. The van der Waals surface area contributed by atoms with Gasteiger partial charge in [0.05, 0.1) is 6.61 Å². The van der Waals surface area contributed by atoms with Crippen LogP contribution in [0.5, 0.6) is 5.88 Å². The third-order valence-electron chi connectivity index (χ3n) is 8.03. The Morgan fingerprint density at radius 1 is 0.853 bits per heavy atom. The average molecular weight is 621 g/mol. The van der Waals surface area contributed by atoms with Crippen LogP contribution < -0.4 is 4.74 Å². The molecule has 2 aliphatic rings. The minimum Gasteiger partial charge on any atom is -0.477 e. The number of aromatic nitrogens is 1. The van der Waals surface area contributed by atoms with Crippen molar-refractivity contribution >= 4 is 32.4 Å². The van der Waals surface area contributed by atoms with Crippen LogP contribution in [0.2, 0.25) is 0 Å². The number of aryl methyl sites for hydroxylation is 2. The van der Waals surface area contributed by atoms with E-state index in [1.165, 1.54) is 69.7 Å². The molecule has 5 aromatic rings. The number of fused-ring (bicyclic) bond motifs is 6. The summed E-state index contributed by atoms with van der Waals surface area (Å²) >= 11 is 0. The van der Waals surface area contributed by atoms with E-state index in [0.29, 0.717) is 0 Å². The van der Waals surface area contributed by atoms with Gasteiger partial charge in [0.15, 0.2) is 0 Å². The third-order valence-corrected chi connectivity index (χ3v) is 8.03. The second-order valence-corrected chi connectivity index (χ2v) is 9.99. The van der Waals surface area contributed by atoms with E-state index >= 15 is 0 Å². The summed E-state index contributed by atoms with van der Waals surface area (Å²) < 4.78 is 6.21. The Labute approximate surface area is 213 Å². The number of hydrogen-bond acceptors (Lipinski definition) is 2. The number of rotatable bonds is 1. The van der Waals surface area contributed by atoms with E-state index in [1.54, 1.807) is 0 Å².